The minimum Gasteiger partial charge on any atom is -0.332 e. The number of benzene rings is 2. The van der Waals surface area contributed by atoms with E-state index in [2.05, 4.69) is 26.6 Å². The number of nitrogens with one attached hydrogen (secondary N) is 2. The second-order valence-corrected chi connectivity index (χ2v) is 5.04. The van der Waals surface area contributed by atoms with Crippen LogP contribution in [0.5, 0.6) is 0 Å². The third-order valence-electron chi connectivity index (χ3n) is 2.26. The van der Waals surface area contributed by atoms with Crippen molar-refractivity contribution in [2.75, 3.05) is 10.6 Å². The average molecular weight is 343 g/mol. The monoisotopic (exact) mass is 342 g/mol. The van der Waals surface area contributed by atoms with Gasteiger partial charge in [0.05, 0.1) is 5.69 Å². The van der Waals surface area contributed by atoms with Gasteiger partial charge in [0.2, 0.25) is 0 Å². The SMILES string of the molecule is Fc1cccc(NC(=S)Nc2ccc(Br)cc2F)c1. The Balaban J connectivity index is 2.05. The molecule has 0 heterocycles. The molecule has 0 radical (unpaired) electrons. The molecule has 0 saturated carbocycles. The lowest BCUT2D eigenvalue weighted by Gasteiger charge is -2.11. The minimum atomic E-state index is -0.433. The zero-order chi connectivity index (χ0) is 13.8. The lowest BCUT2D eigenvalue weighted by Crippen LogP contribution is -2.19. The summed E-state index contributed by atoms with van der Waals surface area (Å²) in [5.41, 5.74) is 0.743. The van der Waals surface area contributed by atoms with Crippen molar-refractivity contribution >= 4 is 44.6 Å². The third kappa shape index (κ3) is 3.97. The Bertz CT molecular complexity index is 619. The highest BCUT2D eigenvalue weighted by atomic mass is 79.9. The predicted octanol–water partition coefficient (Wildman–Crippen LogP) is 4.54. The van der Waals surface area contributed by atoms with Gasteiger partial charge < -0.3 is 10.6 Å². The molecule has 0 aliphatic heterocycles. The standard InChI is InChI=1S/C13H9BrF2N2S/c14-8-4-5-12(11(16)6-8)18-13(19)17-10-3-1-2-9(15)7-10/h1-7H,(H2,17,18,19). The molecule has 2 aromatic rings. The van der Waals surface area contributed by atoms with Crippen LogP contribution in [0, 0.1) is 11.6 Å². The molecule has 98 valence electrons. The molecule has 2 aromatic carbocycles. The van der Waals surface area contributed by atoms with Gasteiger partial charge in [-0.05, 0) is 48.6 Å². The summed E-state index contributed by atoms with van der Waals surface area (Å²) in [7, 11) is 0. The van der Waals surface area contributed by atoms with Gasteiger partial charge in [-0.3, -0.25) is 0 Å². The van der Waals surface area contributed by atoms with Crippen molar-refractivity contribution in [1.29, 1.82) is 0 Å². The van der Waals surface area contributed by atoms with Gasteiger partial charge in [0.15, 0.2) is 5.11 Å². The molecule has 0 unspecified atom stereocenters. The van der Waals surface area contributed by atoms with E-state index in [0.717, 1.165) is 0 Å². The fraction of sp³-hybridized carbons (Fsp3) is 0. The van der Waals surface area contributed by atoms with Crippen LogP contribution in [0.25, 0.3) is 0 Å². The van der Waals surface area contributed by atoms with E-state index in [1.165, 1.54) is 18.2 Å². The molecule has 0 fully saturated rings. The van der Waals surface area contributed by atoms with Crippen molar-refractivity contribution in [3.63, 3.8) is 0 Å². The third-order valence-corrected chi connectivity index (χ3v) is 2.96. The zero-order valence-electron chi connectivity index (χ0n) is 9.58. The van der Waals surface area contributed by atoms with E-state index < -0.39 is 5.82 Å². The van der Waals surface area contributed by atoms with Crippen LogP contribution in [-0.4, -0.2) is 5.11 Å². The summed E-state index contributed by atoms with van der Waals surface area (Å²) < 4.78 is 27.2. The van der Waals surface area contributed by atoms with Crippen molar-refractivity contribution in [2.24, 2.45) is 0 Å². The van der Waals surface area contributed by atoms with E-state index in [0.29, 0.717) is 10.2 Å². The largest absolute Gasteiger partial charge is 0.332 e. The number of rotatable bonds is 2. The predicted molar refractivity (Wildman–Crippen MR) is 80.3 cm³/mol. The summed E-state index contributed by atoms with van der Waals surface area (Å²) in [5.74, 6) is -0.805. The number of anilines is 2. The molecule has 0 aliphatic carbocycles. The Morgan fingerprint density at radius 2 is 1.84 bits per heavy atom. The fourth-order valence-electron chi connectivity index (χ4n) is 1.44. The topological polar surface area (TPSA) is 24.1 Å². The Kier molecular flexibility index (Phi) is 4.44. The first-order chi connectivity index (χ1) is 9.04. The smallest absolute Gasteiger partial charge is 0.175 e. The summed E-state index contributed by atoms with van der Waals surface area (Å²) in [6.45, 7) is 0. The van der Waals surface area contributed by atoms with Crippen LogP contribution in [0.2, 0.25) is 0 Å². The maximum Gasteiger partial charge on any atom is 0.175 e. The van der Waals surface area contributed by atoms with E-state index in [1.807, 2.05) is 0 Å². The van der Waals surface area contributed by atoms with Gasteiger partial charge in [0, 0.05) is 10.2 Å². The van der Waals surface area contributed by atoms with Crippen molar-refractivity contribution in [1.82, 2.24) is 0 Å². The summed E-state index contributed by atoms with van der Waals surface area (Å²) >= 11 is 8.20. The van der Waals surface area contributed by atoms with Crippen molar-refractivity contribution in [2.45, 2.75) is 0 Å². The first kappa shape index (κ1) is 13.9. The van der Waals surface area contributed by atoms with E-state index >= 15 is 0 Å². The molecule has 0 aromatic heterocycles. The highest BCUT2D eigenvalue weighted by Crippen LogP contribution is 2.19. The van der Waals surface area contributed by atoms with Crippen LogP contribution in [0.3, 0.4) is 0 Å². The minimum absolute atomic E-state index is 0.187. The summed E-state index contributed by atoms with van der Waals surface area (Å²) in [6, 6.07) is 10.4. The van der Waals surface area contributed by atoms with E-state index in [4.69, 9.17) is 12.2 Å². The van der Waals surface area contributed by atoms with E-state index in [1.54, 1.807) is 24.3 Å². The Labute approximate surface area is 123 Å². The van der Waals surface area contributed by atoms with Crippen LogP contribution in [0.1, 0.15) is 0 Å². The van der Waals surface area contributed by atoms with Gasteiger partial charge in [-0.25, -0.2) is 8.78 Å². The molecule has 0 amide bonds. The average Bonchev–Trinajstić information content (AvgIpc) is 2.33. The highest BCUT2D eigenvalue weighted by Gasteiger charge is 2.05. The van der Waals surface area contributed by atoms with Gasteiger partial charge in [0.25, 0.3) is 0 Å². The molecule has 0 spiro atoms. The van der Waals surface area contributed by atoms with Crippen molar-refractivity contribution < 1.29 is 8.78 Å². The summed E-state index contributed by atoms with van der Waals surface area (Å²) in [5, 5.41) is 5.67. The molecule has 2 nitrogen and oxygen atoms in total. The lowest BCUT2D eigenvalue weighted by molar-refractivity contribution is 0.628. The lowest BCUT2D eigenvalue weighted by atomic mass is 10.3. The van der Waals surface area contributed by atoms with Gasteiger partial charge in [-0.15, -0.1) is 0 Å². The number of hydrogen-bond acceptors (Lipinski definition) is 1. The molecule has 19 heavy (non-hydrogen) atoms. The van der Waals surface area contributed by atoms with E-state index in [9.17, 15) is 8.78 Å². The molecule has 2 N–H and O–H groups in total. The van der Waals surface area contributed by atoms with Crippen molar-refractivity contribution in [3.8, 4) is 0 Å². The van der Waals surface area contributed by atoms with Crippen LogP contribution in [0.15, 0.2) is 46.9 Å². The maximum atomic E-state index is 13.6. The van der Waals surface area contributed by atoms with E-state index in [-0.39, 0.29) is 16.6 Å². The number of halogens is 3. The Morgan fingerprint density at radius 1 is 1.05 bits per heavy atom. The quantitative estimate of drug-likeness (QED) is 0.783. The Hall–Kier alpha value is -1.53. The molecule has 0 atom stereocenters. The first-order valence-corrected chi connectivity index (χ1v) is 6.53. The normalized spacial score (nSPS) is 10.1. The van der Waals surface area contributed by atoms with Gasteiger partial charge in [0.1, 0.15) is 11.6 Å². The van der Waals surface area contributed by atoms with Gasteiger partial charge in [-0.2, -0.15) is 0 Å². The van der Waals surface area contributed by atoms with Crippen LogP contribution in [0.4, 0.5) is 20.2 Å². The second kappa shape index (κ2) is 6.08. The van der Waals surface area contributed by atoms with Crippen LogP contribution < -0.4 is 10.6 Å². The van der Waals surface area contributed by atoms with Gasteiger partial charge >= 0.3 is 0 Å². The molecule has 2 rings (SSSR count). The molecular weight excluding hydrogens is 334 g/mol. The van der Waals surface area contributed by atoms with Gasteiger partial charge in [-0.1, -0.05) is 22.0 Å². The summed E-state index contributed by atoms with van der Waals surface area (Å²) in [6.07, 6.45) is 0. The maximum absolute atomic E-state index is 13.6. The molecule has 0 saturated heterocycles. The molecule has 0 aliphatic rings. The Morgan fingerprint density at radius 3 is 2.53 bits per heavy atom. The van der Waals surface area contributed by atoms with Crippen molar-refractivity contribution in [3.05, 3.63) is 58.6 Å². The number of hydrogen-bond donors (Lipinski definition) is 2. The first-order valence-electron chi connectivity index (χ1n) is 5.33. The highest BCUT2D eigenvalue weighted by molar-refractivity contribution is 9.10. The number of thiocarbonyl (C=S) groups is 1. The fourth-order valence-corrected chi connectivity index (χ4v) is 2.00. The molecular formula is C13H9BrF2N2S. The van der Waals surface area contributed by atoms with Crippen LogP contribution >= 0.6 is 28.1 Å². The second-order valence-electron chi connectivity index (χ2n) is 3.71. The molecule has 0 bridgehead atoms. The zero-order valence-corrected chi connectivity index (χ0v) is 12.0. The summed E-state index contributed by atoms with van der Waals surface area (Å²) in [4.78, 5) is 0. The molecule has 6 heteroatoms. The van der Waals surface area contributed by atoms with Crippen LogP contribution in [-0.2, 0) is 0 Å².